The Morgan fingerprint density at radius 1 is 1.16 bits per heavy atom. The van der Waals surface area contributed by atoms with E-state index >= 15 is 0 Å². The van der Waals surface area contributed by atoms with E-state index in [0.717, 1.165) is 5.69 Å². The van der Waals surface area contributed by atoms with Crippen molar-refractivity contribution in [3.05, 3.63) is 58.6 Å². The van der Waals surface area contributed by atoms with Gasteiger partial charge in [0.15, 0.2) is 20.8 Å². The van der Waals surface area contributed by atoms with Crippen LogP contribution in [0.1, 0.15) is 6.42 Å². The summed E-state index contributed by atoms with van der Waals surface area (Å²) in [7, 11) is -3.06. The Kier molecular flexibility index (Phi) is 6.57. The van der Waals surface area contributed by atoms with Crippen molar-refractivity contribution in [3.8, 4) is 17.1 Å². The summed E-state index contributed by atoms with van der Waals surface area (Å²) in [6, 6.07) is 14.3. The number of aromatic nitrogens is 3. The molecular formula is C20H18Cl2N4O3S2. The van der Waals surface area contributed by atoms with Crippen molar-refractivity contribution < 1.29 is 13.2 Å². The van der Waals surface area contributed by atoms with Gasteiger partial charge in [0.25, 0.3) is 0 Å². The number of carbonyl (C=O) groups excluding carboxylic acids is 1. The molecule has 7 nitrogen and oxygen atoms in total. The maximum absolute atomic E-state index is 12.4. The van der Waals surface area contributed by atoms with Crippen LogP contribution in [0.5, 0.6) is 0 Å². The van der Waals surface area contributed by atoms with Crippen LogP contribution in [-0.2, 0) is 14.6 Å². The first-order chi connectivity index (χ1) is 14.8. The molecule has 31 heavy (non-hydrogen) atoms. The molecule has 2 heterocycles. The van der Waals surface area contributed by atoms with E-state index in [1.165, 1.54) is 11.8 Å². The zero-order valence-electron chi connectivity index (χ0n) is 16.2. The van der Waals surface area contributed by atoms with E-state index in [2.05, 4.69) is 15.5 Å². The highest BCUT2D eigenvalue weighted by atomic mass is 35.5. The summed E-state index contributed by atoms with van der Waals surface area (Å²) in [6.07, 6.45) is 0.443. The van der Waals surface area contributed by atoms with Crippen LogP contribution >= 0.6 is 35.0 Å². The first-order valence-corrected chi connectivity index (χ1v) is 13.0. The Hall–Kier alpha value is -2.07. The Morgan fingerprint density at radius 3 is 2.61 bits per heavy atom. The van der Waals surface area contributed by atoms with E-state index in [1.807, 2.05) is 34.9 Å². The van der Waals surface area contributed by atoms with Crippen molar-refractivity contribution in [2.45, 2.75) is 17.6 Å². The summed E-state index contributed by atoms with van der Waals surface area (Å²) >= 11 is 13.6. The number of amides is 1. The van der Waals surface area contributed by atoms with Crippen molar-refractivity contribution in [1.82, 2.24) is 20.1 Å². The van der Waals surface area contributed by atoms with E-state index in [1.54, 1.807) is 18.2 Å². The lowest BCUT2D eigenvalue weighted by Crippen LogP contribution is -2.36. The highest BCUT2D eigenvalue weighted by Crippen LogP contribution is 2.33. The highest BCUT2D eigenvalue weighted by molar-refractivity contribution is 7.99. The number of halogens is 2. The molecule has 1 fully saturated rings. The van der Waals surface area contributed by atoms with Gasteiger partial charge in [-0.3, -0.25) is 9.36 Å². The molecule has 1 N–H and O–H groups in total. The molecule has 162 valence electrons. The molecule has 1 aliphatic heterocycles. The van der Waals surface area contributed by atoms with Crippen LogP contribution in [0.3, 0.4) is 0 Å². The summed E-state index contributed by atoms with van der Waals surface area (Å²) in [5, 5.41) is 12.8. The average molecular weight is 497 g/mol. The van der Waals surface area contributed by atoms with E-state index in [0.29, 0.717) is 33.0 Å². The molecule has 4 rings (SSSR count). The fourth-order valence-electron chi connectivity index (χ4n) is 3.33. The minimum absolute atomic E-state index is 0.0111. The molecule has 0 spiro atoms. The van der Waals surface area contributed by atoms with Crippen LogP contribution in [-0.4, -0.2) is 52.4 Å². The number of carbonyl (C=O) groups is 1. The lowest BCUT2D eigenvalue weighted by molar-refractivity contribution is -0.119. The minimum Gasteiger partial charge on any atom is -0.352 e. The number of rotatable bonds is 6. The van der Waals surface area contributed by atoms with Crippen LogP contribution < -0.4 is 5.32 Å². The Balaban J connectivity index is 1.58. The first kappa shape index (κ1) is 22.1. The molecule has 0 saturated carbocycles. The molecule has 3 aromatic rings. The summed E-state index contributed by atoms with van der Waals surface area (Å²) in [5.41, 5.74) is 1.48. The molecular weight excluding hydrogens is 479 g/mol. The topological polar surface area (TPSA) is 93.9 Å². The van der Waals surface area contributed by atoms with Gasteiger partial charge >= 0.3 is 0 Å². The Morgan fingerprint density at radius 2 is 1.94 bits per heavy atom. The van der Waals surface area contributed by atoms with Crippen molar-refractivity contribution >= 4 is 50.7 Å². The van der Waals surface area contributed by atoms with Gasteiger partial charge in [-0.2, -0.15) is 0 Å². The molecule has 1 saturated heterocycles. The monoisotopic (exact) mass is 496 g/mol. The highest BCUT2D eigenvalue weighted by Gasteiger charge is 2.29. The largest absolute Gasteiger partial charge is 0.352 e. The normalized spacial score (nSPS) is 17.5. The maximum Gasteiger partial charge on any atom is 0.230 e. The number of nitrogens with zero attached hydrogens (tertiary/aromatic N) is 3. The van der Waals surface area contributed by atoms with Gasteiger partial charge in [0.1, 0.15) is 0 Å². The molecule has 11 heteroatoms. The van der Waals surface area contributed by atoms with E-state index < -0.39 is 9.84 Å². The number of hydrogen-bond acceptors (Lipinski definition) is 6. The van der Waals surface area contributed by atoms with Crippen molar-refractivity contribution in [1.29, 1.82) is 0 Å². The molecule has 0 bridgehead atoms. The number of sulfone groups is 1. The maximum atomic E-state index is 12.4. The van der Waals surface area contributed by atoms with E-state index in [-0.39, 0.29) is 29.2 Å². The predicted molar refractivity (Wildman–Crippen MR) is 123 cm³/mol. The smallest absolute Gasteiger partial charge is 0.230 e. The number of benzene rings is 2. The SMILES string of the molecule is O=C(CSc1nnc(-c2ccc(Cl)cc2Cl)n1-c1ccccc1)NC1CCS(=O)(=O)C1. The lowest BCUT2D eigenvalue weighted by atomic mass is 10.2. The van der Waals surface area contributed by atoms with Gasteiger partial charge in [-0.15, -0.1) is 10.2 Å². The van der Waals surface area contributed by atoms with Crippen LogP contribution in [0.25, 0.3) is 17.1 Å². The molecule has 0 radical (unpaired) electrons. The average Bonchev–Trinajstić information content (AvgIpc) is 3.29. The second kappa shape index (κ2) is 9.20. The molecule has 1 amide bonds. The van der Waals surface area contributed by atoms with Gasteiger partial charge in [0, 0.05) is 22.3 Å². The van der Waals surface area contributed by atoms with Crippen LogP contribution in [0.15, 0.2) is 53.7 Å². The predicted octanol–water partition coefficient (Wildman–Crippen LogP) is 3.64. The number of thioether (sulfide) groups is 1. The quantitative estimate of drug-likeness (QED) is 0.523. The number of para-hydroxylation sites is 1. The first-order valence-electron chi connectivity index (χ1n) is 9.41. The summed E-state index contributed by atoms with van der Waals surface area (Å²) < 4.78 is 25.0. The minimum atomic E-state index is -3.06. The number of nitrogens with one attached hydrogen (secondary N) is 1. The third-order valence-corrected chi connectivity index (χ3v) is 7.99. The molecule has 1 unspecified atom stereocenters. The third kappa shape index (κ3) is 5.23. The Bertz CT molecular complexity index is 1220. The van der Waals surface area contributed by atoms with Gasteiger partial charge in [-0.1, -0.05) is 53.2 Å². The van der Waals surface area contributed by atoms with Crippen LogP contribution in [0.2, 0.25) is 10.0 Å². The molecule has 1 aromatic heterocycles. The fraction of sp³-hybridized carbons (Fsp3) is 0.250. The summed E-state index contributed by atoms with van der Waals surface area (Å²) in [5.74, 6) is 0.454. The zero-order chi connectivity index (χ0) is 22.0. The van der Waals surface area contributed by atoms with Crippen molar-refractivity contribution in [2.24, 2.45) is 0 Å². The van der Waals surface area contributed by atoms with Crippen LogP contribution in [0, 0.1) is 0 Å². The molecule has 2 aromatic carbocycles. The van der Waals surface area contributed by atoms with Gasteiger partial charge < -0.3 is 5.32 Å². The van der Waals surface area contributed by atoms with Gasteiger partial charge in [0.05, 0.1) is 22.3 Å². The Labute approximate surface area is 194 Å². The molecule has 1 atom stereocenters. The van der Waals surface area contributed by atoms with E-state index in [9.17, 15) is 13.2 Å². The lowest BCUT2D eigenvalue weighted by Gasteiger charge is -2.12. The second-order valence-corrected chi connectivity index (χ2v) is 11.1. The van der Waals surface area contributed by atoms with Crippen LogP contribution in [0.4, 0.5) is 0 Å². The fourth-order valence-corrected chi connectivity index (χ4v) is 6.26. The van der Waals surface area contributed by atoms with Gasteiger partial charge in [0.2, 0.25) is 5.91 Å². The standard InChI is InChI=1S/C20H18Cl2N4O3S2/c21-13-6-7-16(17(22)10-13)19-24-25-20(26(19)15-4-2-1-3-5-15)30-11-18(27)23-14-8-9-31(28,29)12-14/h1-7,10,14H,8-9,11-12H2,(H,23,27). The molecule has 0 aliphatic carbocycles. The van der Waals surface area contributed by atoms with Gasteiger partial charge in [-0.25, -0.2) is 8.42 Å². The second-order valence-electron chi connectivity index (χ2n) is 7.06. The van der Waals surface area contributed by atoms with Gasteiger partial charge in [-0.05, 0) is 36.8 Å². The summed E-state index contributed by atoms with van der Waals surface area (Å²) in [6.45, 7) is 0. The zero-order valence-corrected chi connectivity index (χ0v) is 19.3. The molecule has 1 aliphatic rings. The number of hydrogen-bond donors (Lipinski definition) is 1. The van der Waals surface area contributed by atoms with Crippen molar-refractivity contribution in [2.75, 3.05) is 17.3 Å². The third-order valence-electron chi connectivity index (χ3n) is 4.75. The van der Waals surface area contributed by atoms with Crippen molar-refractivity contribution in [3.63, 3.8) is 0 Å². The summed E-state index contributed by atoms with van der Waals surface area (Å²) in [4.78, 5) is 12.4. The van der Waals surface area contributed by atoms with E-state index in [4.69, 9.17) is 23.2 Å².